The van der Waals surface area contributed by atoms with Gasteiger partial charge in [-0.1, -0.05) is 83.5 Å². The fourth-order valence-electron chi connectivity index (χ4n) is 4.14. The van der Waals surface area contributed by atoms with Crippen molar-refractivity contribution in [1.29, 1.82) is 0 Å². The van der Waals surface area contributed by atoms with Crippen LogP contribution in [0.3, 0.4) is 0 Å². The summed E-state index contributed by atoms with van der Waals surface area (Å²) in [6.45, 7) is 13.2. The van der Waals surface area contributed by atoms with Crippen molar-refractivity contribution < 1.29 is 8.83 Å². The van der Waals surface area contributed by atoms with Gasteiger partial charge in [-0.3, -0.25) is 0 Å². The van der Waals surface area contributed by atoms with E-state index in [1.54, 1.807) is 0 Å². The average molecular weight is 493 g/mol. The summed E-state index contributed by atoms with van der Waals surface area (Å²) in [7, 11) is 0. The molecule has 0 saturated carbocycles. The standard InChI is InChI=1S/C31H32N4O2/c1-30(2,3)24-12-8-9-20(13-16-24)26-32-34-28(36-26)22-10-7-11-23(19-22)29-35-33-27(37-29)21-14-17-25(18-15-21)31(4,5)6/h7-11,13-19H,12H2,1-6H3. The lowest BCUT2D eigenvalue weighted by molar-refractivity contribution is 0.494. The van der Waals surface area contributed by atoms with Crippen LogP contribution in [0, 0.1) is 5.41 Å². The summed E-state index contributed by atoms with van der Waals surface area (Å²) < 4.78 is 12.1. The van der Waals surface area contributed by atoms with Crippen LogP contribution < -0.4 is 0 Å². The molecule has 0 amide bonds. The first kappa shape index (κ1) is 24.6. The molecule has 0 radical (unpaired) electrons. The first-order valence-electron chi connectivity index (χ1n) is 12.5. The molecule has 0 unspecified atom stereocenters. The maximum Gasteiger partial charge on any atom is 0.248 e. The topological polar surface area (TPSA) is 77.8 Å². The van der Waals surface area contributed by atoms with E-state index in [0.29, 0.717) is 23.6 Å². The molecule has 5 rings (SSSR count). The number of rotatable bonds is 4. The molecule has 0 atom stereocenters. The molecule has 0 saturated heterocycles. The van der Waals surface area contributed by atoms with E-state index in [9.17, 15) is 0 Å². The Kier molecular flexibility index (Phi) is 6.28. The molecule has 1 aliphatic rings. The van der Waals surface area contributed by atoms with Crippen LogP contribution >= 0.6 is 0 Å². The lowest BCUT2D eigenvalue weighted by Crippen LogP contribution is -2.10. The maximum absolute atomic E-state index is 6.05. The Morgan fingerprint density at radius 3 is 1.78 bits per heavy atom. The van der Waals surface area contributed by atoms with Gasteiger partial charge in [0.05, 0.1) is 0 Å². The molecule has 2 aromatic carbocycles. The third-order valence-electron chi connectivity index (χ3n) is 6.51. The molecule has 0 bridgehead atoms. The highest BCUT2D eigenvalue weighted by Gasteiger charge is 2.19. The van der Waals surface area contributed by atoms with Gasteiger partial charge in [0.2, 0.25) is 23.6 Å². The molecule has 0 aliphatic heterocycles. The van der Waals surface area contributed by atoms with E-state index < -0.39 is 0 Å². The summed E-state index contributed by atoms with van der Waals surface area (Å²) in [4.78, 5) is 0. The van der Waals surface area contributed by atoms with E-state index in [0.717, 1.165) is 28.7 Å². The summed E-state index contributed by atoms with van der Waals surface area (Å²) in [5.74, 6) is 1.84. The predicted octanol–water partition coefficient (Wildman–Crippen LogP) is 8.07. The van der Waals surface area contributed by atoms with Crippen molar-refractivity contribution >= 4 is 5.57 Å². The van der Waals surface area contributed by atoms with Gasteiger partial charge in [-0.2, -0.15) is 0 Å². The second-order valence-corrected chi connectivity index (χ2v) is 11.4. The molecule has 188 valence electrons. The number of hydrogen-bond donors (Lipinski definition) is 0. The fraction of sp³-hybridized carbons (Fsp3) is 0.290. The Morgan fingerprint density at radius 1 is 0.622 bits per heavy atom. The van der Waals surface area contributed by atoms with Crippen LogP contribution in [0.25, 0.3) is 39.9 Å². The summed E-state index contributed by atoms with van der Waals surface area (Å²) in [6.07, 6.45) is 9.29. The number of aromatic nitrogens is 4. The first-order valence-corrected chi connectivity index (χ1v) is 12.5. The maximum atomic E-state index is 6.05. The molecule has 4 aromatic rings. The van der Waals surface area contributed by atoms with Gasteiger partial charge >= 0.3 is 0 Å². The Bertz CT molecular complexity index is 1500. The van der Waals surface area contributed by atoms with Crippen LogP contribution in [-0.4, -0.2) is 20.4 Å². The predicted molar refractivity (Wildman–Crippen MR) is 146 cm³/mol. The number of benzene rings is 2. The Balaban J connectivity index is 1.38. The summed E-state index contributed by atoms with van der Waals surface area (Å²) in [6, 6.07) is 15.9. The van der Waals surface area contributed by atoms with E-state index in [1.807, 2.05) is 48.6 Å². The number of hydrogen-bond acceptors (Lipinski definition) is 6. The van der Waals surface area contributed by atoms with Crippen LogP contribution in [0.4, 0.5) is 0 Å². The van der Waals surface area contributed by atoms with Crippen LogP contribution in [0.1, 0.15) is 59.4 Å². The van der Waals surface area contributed by atoms with Gasteiger partial charge in [0.1, 0.15) is 0 Å². The molecule has 37 heavy (non-hydrogen) atoms. The van der Waals surface area contributed by atoms with Gasteiger partial charge in [0, 0.05) is 22.3 Å². The highest BCUT2D eigenvalue weighted by molar-refractivity contribution is 5.72. The molecule has 6 heteroatoms. The van der Waals surface area contributed by atoms with Crippen molar-refractivity contribution in [3.8, 4) is 34.4 Å². The monoisotopic (exact) mass is 492 g/mol. The zero-order valence-electron chi connectivity index (χ0n) is 22.2. The Hall–Kier alpha value is -4.06. The largest absolute Gasteiger partial charge is 0.416 e. The highest BCUT2D eigenvalue weighted by atomic mass is 16.4. The second kappa shape index (κ2) is 9.43. The summed E-state index contributed by atoms with van der Waals surface area (Å²) in [5, 5.41) is 17.1. The van der Waals surface area contributed by atoms with Crippen molar-refractivity contribution in [1.82, 2.24) is 20.4 Å². The minimum atomic E-state index is 0.0860. The van der Waals surface area contributed by atoms with E-state index in [-0.39, 0.29) is 10.8 Å². The van der Waals surface area contributed by atoms with E-state index >= 15 is 0 Å². The van der Waals surface area contributed by atoms with Gasteiger partial charge in [-0.05, 0) is 59.2 Å². The van der Waals surface area contributed by atoms with Gasteiger partial charge in [0.15, 0.2) is 0 Å². The molecular formula is C31H32N4O2. The van der Waals surface area contributed by atoms with Gasteiger partial charge in [-0.15, -0.1) is 20.4 Å². The first-order chi connectivity index (χ1) is 17.6. The van der Waals surface area contributed by atoms with Crippen LogP contribution in [0.5, 0.6) is 0 Å². The highest BCUT2D eigenvalue weighted by Crippen LogP contribution is 2.33. The van der Waals surface area contributed by atoms with Gasteiger partial charge < -0.3 is 8.83 Å². The molecule has 0 N–H and O–H groups in total. The number of allylic oxidation sites excluding steroid dienone is 6. The summed E-state index contributed by atoms with van der Waals surface area (Å²) in [5.41, 5.74) is 6.16. The molecule has 0 spiro atoms. The SMILES string of the molecule is CC(C)(C)C1=CC=C(c2nnc(-c3cccc(-c4nnc(-c5ccc(C(C)(C)C)cc5)o4)c3)o2)C=CC1. The normalized spacial score (nSPS) is 14.3. The minimum absolute atomic E-state index is 0.0860. The third-order valence-corrected chi connectivity index (χ3v) is 6.51. The molecule has 1 aliphatic carbocycles. The van der Waals surface area contributed by atoms with Crippen LogP contribution in [0.2, 0.25) is 0 Å². The molecular weight excluding hydrogens is 460 g/mol. The van der Waals surface area contributed by atoms with Crippen LogP contribution in [0.15, 0.2) is 87.2 Å². The Labute approximate surface area is 217 Å². The van der Waals surface area contributed by atoms with Crippen molar-refractivity contribution in [2.75, 3.05) is 0 Å². The van der Waals surface area contributed by atoms with E-state index in [2.05, 4.69) is 86.2 Å². The molecule has 2 aromatic heterocycles. The third kappa shape index (κ3) is 5.38. The molecule has 0 fully saturated rings. The summed E-state index contributed by atoms with van der Waals surface area (Å²) >= 11 is 0. The van der Waals surface area contributed by atoms with Crippen molar-refractivity contribution in [2.45, 2.75) is 53.4 Å². The van der Waals surface area contributed by atoms with Crippen LogP contribution in [-0.2, 0) is 5.41 Å². The zero-order chi connectivity index (χ0) is 26.2. The average Bonchev–Trinajstić information content (AvgIpc) is 3.48. The molecule has 2 heterocycles. The Morgan fingerprint density at radius 2 is 1.19 bits per heavy atom. The lowest BCUT2D eigenvalue weighted by atomic mass is 9.84. The smallest absolute Gasteiger partial charge is 0.248 e. The number of nitrogens with zero attached hydrogens (tertiary/aromatic N) is 4. The lowest BCUT2D eigenvalue weighted by Gasteiger charge is -2.21. The van der Waals surface area contributed by atoms with Gasteiger partial charge in [0.25, 0.3) is 0 Å². The quantitative estimate of drug-likeness (QED) is 0.287. The van der Waals surface area contributed by atoms with E-state index in [1.165, 1.54) is 11.1 Å². The van der Waals surface area contributed by atoms with E-state index in [4.69, 9.17) is 8.83 Å². The minimum Gasteiger partial charge on any atom is -0.416 e. The van der Waals surface area contributed by atoms with Gasteiger partial charge in [-0.25, -0.2) is 0 Å². The molecule has 6 nitrogen and oxygen atoms in total. The van der Waals surface area contributed by atoms with Crippen molar-refractivity contribution in [3.63, 3.8) is 0 Å². The van der Waals surface area contributed by atoms with Crippen molar-refractivity contribution in [2.24, 2.45) is 5.41 Å². The fourth-order valence-corrected chi connectivity index (χ4v) is 4.14. The second-order valence-electron chi connectivity index (χ2n) is 11.4. The van der Waals surface area contributed by atoms with Crippen molar-refractivity contribution in [3.05, 3.63) is 89.9 Å². The zero-order valence-corrected chi connectivity index (χ0v) is 22.2.